The summed E-state index contributed by atoms with van der Waals surface area (Å²) in [7, 11) is 0. The van der Waals surface area contributed by atoms with Crippen LogP contribution in [0.4, 0.5) is 22.7 Å². The minimum atomic E-state index is -0.552. The normalized spacial score (nSPS) is 21.1. The standard InChI is InChI=1S/C25H29N7O/c1-25(33)8-11-31(12-9-25)20-5-3-19(4-6-20)29-23-24-28-10-13-32(24)22-14-17(18(15-26)16-27)2-7-21(22)30-23/h2-7,10,13-16,24,26,28,33H,8-9,11-12,27H2,1H3,(H,29,30)/b18-16+,26-15?. The lowest BCUT2D eigenvalue weighted by molar-refractivity contribution is 0.0351. The van der Waals surface area contributed by atoms with Gasteiger partial charge in [0, 0.05) is 54.9 Å². The largest absolute Gasteiger partial charge is 0.404 e. The van der Waals surface area contributed by atoms with E-state index in [4.69, 9.17) is 16.1 Å². The van der Waals surface area contributed by atoms with Gasteiger partial charge in [0.25, 0.3) is 0 Å². The number of hydrogen-bond donors (Lipinski definition) is 5. The van der Waals surface area contributed by atoms with Crippen molar-refractivity contribution >= 4 is 40.4 Å². The molecule has 1 saturated heterocycles. The number of anilines is 3. The summed E-state index contributed by atoms with van der Waals surface area (Å²) >= 11 is 0. The van der Waals surface area contributed by atoms with Gasteiger partial charge in [-0.05, 0) is 61.7 Å². The van der Waals surface area contributed by atoms with Gasteiger partial charge in [-0.1, -0.05) is 6.07 Å². The van der Waals surface area contributed by atoms with E-state index in [0.717, 1.165) is 60.1 Å². The summed E-state index contributed by atoms with van der Waals surface area (Å²) in [4.78, 5) is 9.32. The van der Waals surface area contributed by atoms with Crippen LogP contribution in [0, 0.1) is 5.41 Å². The maximum Gasteiger partial charge on any atom is 0.163 e. The molecule has 2 aromatic carbocycles. The SMILES string of the molecule is CC1(O)CCN(c2ccc(NC3=Nc4ccc(/C(C=N)=C/N)cc4N4C=CNC34)cc2)CC1. The van der Waals surface area contributed by atoms with Gasteiger partial charge in [-0.2, -0.15) is 0 Å². The summed E-state index contributed by atoms with van der Waals surface area (Å²) in [6, 6.07) is 14.3. The van der Waals surface area contributed by atoms with Gasteiger partial charge in [0.05, 0.1) is 17.0 Å². The zero-order valence-corrected chi connectivity index (χ0v) is 18.6. The predicted molar refractivity (Wildman–Crippen MR) is 135 cm³/mol. The van der Waals surface area contributed by atoms with Crippen molar-refractivity contribution < 1.29 is 5.11 Å². The number of aliphatic hydroxyl groups is 1. The van der Waals surface area contributed by atoms with Crippen molar-refractivity contribution in [1.82, 2.24) is 5.32 Å². The first kappa shape index (κ1) is 21.1. The van der Waals surface area contributed by atoms with E-state index >= 15 is 0 Å². The number of fused-ring (bicyclic) bond motifs is 3. The summed E-state index contributed by atoms with van der Waals surface area (Å²) in [6.07, 6.45) is 8.03. The molecule has 3 aliphatic heterocycles. The van der Waals surface area contributed by atoms with E-state index in [9.17, 15) is 5.11 Å². The Labute approximate surface area is 193 Å². The minimum Gasteiger partial charge on any atom is -0.404 e. The Balaban J connectivity index is 1.36. The van der Waals surface area contributed by atoms with Crippen molar-refractivity contribution in [2.45, 2.75) is 31.5 Å². The van der Waals surface area contributed by atoms with Gasteiger partial charge >= 0.3 is 0 Å². The van der Waals surface area contributed by atoms with Crippen molar-refractivity contribution in [2.75, 3.05) is 28.2 Å². The van der Waals surface area contributed by atoms with Crippen molar-refractivity contribution in [3.8, 4) is 0 Å². The van der Waals surface area contributed by atoms with Gasteiger partial charge in [-0.3, -0.25) is 0 Å². The first-order valence-electron chi connectivity index (χ1n) is 11.2. The third kappa shape index (κ3) is 4.05. The fourth-order valence-electron chi connectivity index (χ4n) is 4.48. The summed E-state index contributed by atoms with van der Waals surface area (Å²) < 4.78 is 0. The molecule has 5 rings (SSSR count). The molecule has 0 saturated carbocycles. The number of nitrogens with two attached hydrogens (primary N) is 1. The Bertz CT molecular complexity index is 1140. The molecule has 1 atom stereocenters. The van der Waals surface area contributed by atoms with E-state index in [1.807, 2.05) is 37.5 Å². The summed E-state index contributed by atoms with van der Waals surface area (Å²) in [6.45, 7) is 3.63. The number of benzene rings is 2. The maximum atomic E-state index is 10.2. The number of aliphatic imine (C=N–C) groups is 1. The highest BCUT2D eigenvalue weighted by molar-refractivity contribution is 6.10. The van der Waals surface area contributed by atoms with Gasteiger partial charge < -0.3 is 36.7 Å². The molecular formula is C25H29N7O. The van der Waals surface area contributed by atoms with Crippen LogP contribution in [0.5, 0.6) is 0 Å². The van der Waals surface area contributed by atoms with Gasteiger partial charge in [-0.15, -0.1) is 0 Å². The highest BCUT2D eigenvalue weighted by atomic mass is 16.3. The van der Waals surface area contributed by atoms with E-state index in [-0.39, 0.29) is 6.17 Å². The van der Waals surface area contributed by atoms with Gasteiger partial charge in [0.1, 0.15) is 0 Å². The zero-order valence-electron chi connectivity index (χ0n) is 18.6. The molecule has 170 valence electrons. The molecule has 0 amide bonds. The van der Waals surface area contributed by atoms with E-state index in [2.05, 4.69) is 44.7 Å². The third-order valence-electron chi connectivity index (χ3n) is 6.53. The lowest BCUT2D eigenvalue weighted by atomic mass is 9.93. The quantitative estimate of drug-likeness (QED) is 0.463. The second kappa shape index (κ2) is 8.29. The molecule has 1 unspecified atom stereocenters. The summed E-state index contributed by atoms with van der Waals surface area (Å²) in [5.74, 6) is 0.809. The molecule has 1 fully saturated rings. The van der Waals surface area contributed by atoms with Crippen LogP contribution in [-0.4, -0.2) is 42.0 Å². The molecule has 3 heterocycles. The van der Waals surface area contributed by atoms with Gasteiger partial charge in [0.15, 0.2) is 12.0 Å². The van der Waals surface area contributed by atoms with E-state index in [0.29, 0.717) is 5.57 Å². The second-order valence-corrected chi connectivity index (χ2v) is 8.91. The Morgan fingerprint density at radius 2 is 2.00 bits per heavy atom. The van der Waals surface area contributed by atoms with Gasteiger partial charge in [-0.25, -0.2) is 4.99 Å². The Morgan fingerprint density at radius 1 is 1.24 bits per heavy atom. The Morgan fingerprint density at radius 3 is 2.70 bits per heavy atom. The van der Waals surface area contributed by atoms with Crippen LogP contribution in [-0.2, 0) is 0 Å². The monoisotopic (exact) mass is 443 g/mol. The number of piperidine rings is 1. The third-order valence-corrected chi connectivity index (χ3v) is 6.53. The molecule has 8 nitrogen and oxygen atoms in total. The molecule has 0 bridgehead atoms. The molecule has 8 heteroatoms. The summed E-state index contributed by atoms with van der Waals surface area (Å²) in [5, 5.41) is 24.6. The number of nitrogens with zero attached hydrogens (tertiary/aromatic N) is 3. The predicted octanol–water partition coefficient (Wildman–Crippen LogP) is 3.35. The number of rotatable bonds is 4. The number of allylic oxidation sites excluding steroid dienone is 1. The van der Waals surface area contributed by atoms with Crippen molar-refractivity contribution in [2.24, 2.45) is 10.7 Å². The Hall–Kier alpha value is -3.78. The molecule has 33 heavy (non-hydrogen) atoms. The van der Waals surface area contributed by atoms with Crippen LogP contribution in [0.1, 0.15) is 25.3 Å². The average molecular weight is 444 g/mol. The molecule has 6 N–H and O–H groups in total. The maximum absolute atomic E-state index is 10.2. The van der Waals surface area contributed by atoms with E-state index < -0.39 is 5.60 Å². The molecule has 0 spiro atoms. The van der Waals surface area contributed by atoms with Crippen molar-refractivity contribution in [3.63, 3.8) is 0 Å². The lowest BCUT2D eigenvalue weighted by Crippen LogP contribution is -2.47. The van der Waals surface area contributed by atoms with Gasteiger partial charge in [0.2, 0.25) is 0 Å². The fourth-order valence-corrected chi connectivity index (χ4v) is 4.48. The molecule has 0 aromatic heterocycles. The lowest BCUT2D eigenvalue weighted by Gasteiger charge is -2.37. The van der Waals surface area contributed by atoms with Crippen molar-refractivity contribution in [1.29, 1.82) is 5.41 Å². The average Bonchev–Trinajstić information content (AvgIpc) is 3.32. The first-order valence-corrected chi connectivity index (χ1v) is 11.2. The smallest absolute Gasteiger partial charge is 0.163 e. The van der Waals surface area contributed by atoms with Crippen LogP contribution >= 0.6 is 0 Å². The zero-order chi connectivity index (χ0) is 23.0. The molecule has 0 radical (unpaired) electrons. The second-order valence-electron chi connectivity index (χ2n) is 8.91. The van der Waals surface area contributed by atoms with Crippen LogP contribution in [0.3, 0.4) is 0 Å². The highest BCUT2D eigenvalue weighted by Gasteiger charge is 2.32. The number of hydrogen-bond acceptors (Lipinski definition) is 8. The fraction of sp³-hybridized carbons (Fsp3) is 0.280. The van der Waals surface area contributed by atoms with Crippen LogP contribution in [0.2, 0.25) is 0 Å². The number of amidine groups is 1. The van der Waals surface area contributed by atoms with E-state index in [1.165, 1.54) is 12.4 Å². The van der Waals surface area contributed by atoms with Crippen molar-refractivity contribution in [3.05, 3.63) is 66.6 Å². The van der Waals surface area contributed by atoms with E-state index in [1.54, 1.807) is 0 Å². The topological polar surface area (TPSA) is 113 Å². The molecular weight excluding hydrogens is 414 g/mol. The minimum absolute atomic E-state index is 0.137. The first-order chi connectivity index (χ1) is 16.0. The van der Waals surface area contributed by atoms with Crippen LogP contribution < -0.4 is 26.2 Å². The van der Waals surface area contributed by atoms with Crippen LogP contribution in [0.15, 0.2) is 66.1 Å². The van der Waals surface area contributed by atoms with Crippen LogP contribution in [0.25, 0.3) is 5.57 Å². The molecule has 3 aliphatic rings. The Kier molecular flexibility index (Phi) is 5.30. The number of nitrogens with one attached hydrogen (secondary N) is 3. The highest BCUT2D eigenvalue weighted by Crippen LogP contribution is 2.38. The molecule has 0 aliphatic carbocycles. The molecule has 2 aromatic rings. The summed E-state index contributed by atoms with van der Waals surface area (Å²) in [5.41, 5.74) is 10.6.